The molecule has 2 aromatic heterocycles. The van der Waals surface area contributed by atoms with Crippen molar-refractivity contribution in [3.8, 4) is 0 Å². The number of carbonyl (C=O) groups excluding carboxylic acids is 1. The SMILES string of the molecule is O=C(OCCN1CCCC1)c1cc2c(cn1)[nH]c1ccccc12. The molecule has 1 aliphatic heterocycles. The number of nitrogens with one attached hydrogen (secondary N) is 1. The van der Waals surface area contributed by atoms with Gasteiger partial charge in [0.15, 0.2) is 0 Å². The average Bonchev–Trinajstić information content (AvgIpc) is 3.21. The summed E-state index contributed by atoms with van der Waals surface area (Å²) in [5, 5.41) is 2.10. The number of carbonyl (C=O) groups is 1. The second-order valence-electron chi connectivity index (χ2n) is 5.97. The fourth-order valence-electron chi connectivity index (χ4n) is 3.21. The molecule has 0 bridgehead atoms. The summed E-state index contributed by atoms with van der Waals surface area (Å²) in [5.41, 5.74) is 2.34. The molecule has 1 fully saturated rings. The summed E-state index contributed by atoms with van der Waals surface area (Å²) < 4.78 is 5.37. The van der Waals surface area contributed by atoms with Crippen LogP contribution in [0.1, 0.15) is 23.3 Å². The summed E-state index contributed by atoms with van der Waals surface area (Å²) >= 11 is 0. The molecule has 0 radical (unpaired) electrons. The van der Waals surface area contributed by atoms with E-state index in [0.717, 1.165) is 41.4 Å². The molecule has 0 spiro atoms. The summed E-state index contributed by atoms with van der Waals surface area (Å²) in [6.07, 6.45) is 4.19. The van der Waals surface area contributed by atoms with Crippen molar-refractivity contribution in [1.82, 2.24) is 14.9 Å². The van der Waals surface area contributed by atoms with Crippen molar-refractivity contribution in [2.45, 2.75) is 12.8 Å². The summed E-state index contributed by atoms with van der Waals surface area (Å²) in [5.74, 6) is -0.351. The summed E-state index contributed by atoms with van der Waals surface area (Å²) in [6.45, 7) is 3.45. The third-order valence-electron chi connectivity index (χ3n) is 4.44. The number of hydrogen-bond donors (Lipinski definition) is 1. The highest BCUT2D eigenvalue weighted by Gasteiger charge is 2.14. The van der Waals surface area contributed by atoms with E-state index in [4.69, 9.17) is 4.74 Å². The second kappa shape index (κ2) is 6.01. The van der Waals surface area contributed by atoms with Crippen LogP contribution in [0.2, 0.25) is 0 Å². The number of pyridine rings is 1. The highest BCUT2D eigenvalue weighted by molar-refractivity contribution is 6.08. The molecule has 23 heavy (non-hydrogen) atoms. The molecule has 5 heteroatoms. The van der Waals surface area contributed by atoms with E-state index < -0.39 is 0 Å². The van der Waals surface area contributed by atoms with Crippen LogP contribution >= 0.6 is 0 Å². The van der Waals surface area contributed by atoms with Crippen LogP contribution in [0.5, 0.6) is 0 Å². The van der Waals surface area contributed by atoms with Gasteiger partial charge >= 0.3 is 5.97 Å². The largest absolute Gasteiger partial charge is 0.460 e. The molecule has 3 heterocycles. The van der Waals surface area contributed by atoms with Crippen molar-refractivity contribution in [3.05, 3.63) is 42.2 Å². The second-order valence-corrected chi connectivity index (χ2v) is 5.97. The van der Waals surface area contributed by atoms with Gasteiger partial charge in [-0.05, 0) is 38.1 Å². The van der Waals surface area contributed by atoms with Crippen molar-refractivity contribution >= 4 is 27.8 Å². The van der Waals surface area contributed by atoms with Gasteiger partial charge in [-0.1, -0.05) is 18.2 Å². The molecule has 1 N–H and O–H groups in total. The van der Waals surface area contributed by atoms with Gasteiger partial charge in [-0.25, -0.2) is 9.78 Å². The lowest BCUT2D eigenvalue weighted by molar-refractivity contribution is 0.0465. The lowest BCUT2D eigenvalue weighted by Crippen LogP contribution is -2.25. The van der Waals surface area contributed by atoms with Crippen LogP contribution < -0.4 is 0 Å². The zero-order valence-electron chi connectivity index (χ0n) is 12.9. The van der Waals surface area contributed by atoms with E-state index in [1.807, 2.05) is 30.3 Å². The number of rotatable bonds is 4. The van der Waals surface area contributed by atoms with E-state index in [1.54, 1.807) is 6.20 Å². The number of para-hydroxylation sites is 1. The van der Waals surface area contributed by atoms with Gasteiger partial charge < -0.3 is 9.72 Å². The molecule has 5 nitrogen and oxygen atoms in total. The van der Waals surface area contributed by atoms with Crippen molar-refractivity contribution in [3.63, 3.8) is 0 Å². The van der Waals surface area contributed by atoms with Crippen LogP contribution in [0.3, 0.4) is 0 Å². The number of esters is 1. The van der Waals surface area contributed by atoms with Crippen LogP contribution in [-0.4, -0.2) is 47.1 Å². The molecule has 4 rings (SSSR count). The summed E-state index contributed by atoms with van der Waals surface area (Å²) in [4.78, 5) is 22.1. The number of ether oxygens (including phenoxy) is 1. The molecule has 0 atom stereocenters. The van der Waals surface area contributed by atoms with Crippen molar-refractivity contribution < 1.29 is 9.53 Å². The van der Waals surface area contributed by atoms with Crippen molar-refractivity contribution in [1.29, 1.82) is 0 Å². The van der Waals surface area contributed by atoms with Crippen LogP contribution in [0.15, 0.2) is 36.5 Å². The number of hydrogen-bond acceptors (Lipinski definition) is 4. The number of aromatic amines is 1. The Hall–Kier alpha value is -2.40. The van der Waals surface area contributed by atoms with Crippen molar-refractivity contribution in [2.24, 2.45) is 0 Å². The molecule has 1 aliphatic rings. The molecule has 0 aliphatic carbocycles. The number of benzene rings is 1. The highest BCUT2D eigenvalue weighted by Crippen LogP contribution is 2.25. The predicted molar refractivity (Wildman–Crippen MR) is 89.6 cm³/mol. The lowest BCUT2D eigenvalue weighted by atomic mass is 10.1. The number of fused-ring (bicyclic) bond motifs is 3. The molecule has 1 aromatic carbocycles. The maximum atomic E-state index is 12.2. The average molecular weight is 309 g/mol. The van der Waals surface area contributed by atoms with E-state index >= 15 is 0 Å². The minimum Gasteiger partial charge on any atom is -0.460 e. The Morgan fingerprint density at radius 2 is 2.00 bits per heavy atom. The maximum Gasteiger partial charge on any atom is 0.356 e. The Morgan fingerprint density at radius 3 is 2.87 bits per heavy atom. The van der Waals surface area contributed by atoms with Gasteiger partial charge in [0.2, 0.25) is 0 Å². The summed E-state index contributed by atoms with van der Waals surface area (Å²) in [6, 6.07) is 9.84. The number of likely N-dealkylation sites (tertiary alicyclic amines) is 1. The zero-order valence-corrected chi connectivity index (χ0v) is 12.9. The Kier molecular flexibility index (Phi) is 3.71. The molecule has 1 saturated heterocycles. The Morgan fingerprint density at radius 1 is 1.17 bits per heavy atom. The van der Waals surface area contributed by atoms with Crippen LogP contribution in [0, 0.1) is 0 Å². The molecular formula is C18H19N3O2. The number of H-pyrrole nitrogens is 1. The van der Waals surface area contributed by atoms with Gasteiger partial charge in [0.1, 0.15) is 12.3 Å². The van der Waals surface area contributed by atoms with Gasteiger partial charge in [0.25, 0.3) is 0 Å². The third-order valence-corrected chi connectivity index (χ3v) is 4.44. The fourth-order valence-corrected chi connectivity index (χ4v) is 3.21. The van der Waals surface area contributed by atoms with Gasteiger partial charge in [-0.3, -0.25) is 4.90 Å². The maximum absolute atomic E-state index is 12.2. The topological polar surface area (TPSA) is 58.2 Å². The van der Waals surface area contributed by atoms with Crippen LogP contribution in [0.4, 0.5) is 0 Å². The smallest absolute Gasteiger partial charge is 0.356 e. The normalized spacial score (nSPS) is 15.5. The number of nitrogens with zero attached hydrogens (tertiary/aromatic N) is 2. The fraction of sp³-hybridized carbons (Fsp3) is 0.333. The molecule has 0 saturated carbocycles. The zero-order chi connectivity index (χ0) is 15.6. The standard InChI is InChI=1S/C18H19N3O2/c22-18(23-10-9-21-7-3-4-8-21)16-11-14-13-5-1-2-6-15(13)20-17(14)12-19-16/h1-2,5-6,11-12,20H,3-4,7-10H2. The third kappa shape index (κ3) is 2.80. The monoisotopic (exact) mass is 309 g/mol. The minimum absolute atomic E-state index is 0.351. The van der Waals surface area contributed by atoms with E-state index in [-0.39, 0.29) is 5.97 Å². The van der Waals surface area contributed by atoms with E-state index in [9.17, 15) is 4.79 Å². The number of aromatic nitrogens is 2. The first-order chi connectivity index (χ1) is 11.3. The Balaban J connectivity index is 1.51. The van der Waals surface area contributed by atoms with Crippen LogP contribution in [-0.2, 0) is 4.74 Å². The first-order valence-electron chi connectivity index (χ1n) is 8.07. The molecule has 118 valence electrons. The minimum atomic E-state index is -0.351. The van der Waals surface area contributed by atoms with Gasteiger partial charge in [-0.15, -0.1) is 0 Å². The highest BCUT2D eigenvalue weighted by atomic mass is 16.5. The van der Waals surface area contributed by atoms with Gasteiger partial charge in [-0.2, -0.15) is 0 Å². The Bertz CT molecular complexity index is 850. The first kappa shape index (κ1) is 14.2. The van der Waals surface area contributed by atoms with Crippen LogP contribution in [0.25, 0.3) is 21.8 Å². The van der Waals surface area contributed by atoms with Gasteiger partial charge in [0, 0.05) is 22.8 Å². The Labute approximate surface area is 134 Å². The molecule has 3 aromatic rings. The molecular weight excluding hydrogens is 290 g/mol. The molecule has 0 unspecified atom stereocenters. The predicted octanol–water partition coefficient (Wildman–Crippen LogP) is 2.97. The lowest BCUT2D eigenvalue weighted by Gasteiger charge is -2.13. The quantitative estimate of drug-likeness (QED) is 0.753. The first-order valence-corrected chi connectivity index (χ1v) is 8.07. The van der Waals surface area contributed by atoms with Crippen molar-refractivity contribution in [2.75, 3.05) is 26.2 Å². The van der Waals surface area contributed by atoms with E-state index in [1.165, 1.54) is 12.8 Å². The van der Waals surface area contributed by atoms with Gasteiger partial charge in [0.05, 0.1) is 11.7 Å². The summed E-state index contributed by atoms with van der Waals surface area (Å²) in [7, 11) is 0. The molecule has 0 amide bonds. The van der Waals surface area contributed by atoms with E-state index in [2.05, 4.69) is 14.9 Å². The van der Waals surface area contributed by atoms with E-state index in [0.29, 0.717) is 12.3 Å².